The summed E-state index contributed by atoms with van der Waals surface area (Å²) in [4.78, 5) is 64.7. The number of hydrogen-bond donors (Lipinski definition) is 0. The second-order valence-corrected chi connectivity index (χ2v) is 10.7. The minimum absolute atomic E-state index is 0.124. The number of ether oxygens (including phenoxy) is 2. The second-order valence-electron chi connectivity index (χ2n) is 9.47. The van der Waals surface area contributed by atoms with E-state index in [0.717, 1.165) is 14.8 Å². The van der Waals surface area contributed by atoms with Crippen LogP contribution in [0, 0.1) is 17.4 Å². The highest BCUT2D eigenvalue weighted by atomic mass is 127. The van der Waals surface area contributed by atoms with Crippen molar-refractivity contribution in [2.75, 3.05) is 26.2 Å². The summed E-state index contributed by atoms with van der Waals surface area (Å²) in [6.45, 7) is 5.49. The number of carbonyl (C=O) groups is 3. The number of hydrogen-bond acceptors (Lipinski definition) is 10. The van der Waals surface area contributed by atoms with Gasteiger partial charge >= 0.3 is 18.1 Å². The van der Waals surface area contributed by atoms with Crippen LogP contribution in [0.1, 0.15) is 40.8 Å². The van der Waals surface area contributed by atoms with Crippen LogP contribution in [0.25, 0.3) is 0 Å². The predicted molar refractivity (Wildman–Crippen MR) is 145 cm³/mol. The van der Waals surface area contributed by atoms with Gasteiger partial charge in [-0.05, 0) is 79.6 Å². The van der Waals surface area contributed by atoms with E-state index in [4.69, 9.17) is 28.5 Å². The minimum atomic E-state index is -0.853. The van der Waals surface area contributed by atoms with Gasteiger partial charge in [0.25, 0.3) is 5.91 Å². The van der Waals surface area contributed by atoms with Gasteiger partial charge in [-0.25, -0.2) is 14.6 Å². The standard InChI is InChI=1S/C26H26IN3O6.CO2/c1-12-11-26-17-10-15(27)7-8-18(17)29(4)21(26)19(23(32)34-5)20(24(33)35-6)28-25(26)30(12)22(31)16-9-13(2)36-14(16)3;2-1-3/h7-10,12,21H,11H2,1-6H3;/t12-,21?,26+;/m1./s1. The highest BCUT2D eigenvalue weighted by molar-refractivity contribution is 14.1. The molecule has 12 heteroatoms. The van der Waals surface area contributed by atoms with Crippen LogP contribution >= 0.6 is 22.6 Å². The van der Waals surface area contributed by atoms with Gasteiger partial charge in [0.2, 0.25) is 0 Å². The van der Waals surface area contributed by atoms with E-state index >= 15 is 0 Å². The normalized spacial score (nSPS) is 22.6. The fourth-order valence-electron chi connectivity index (χ4n) is 6.06. The Labute approximate surface area is 237 Å². The number of likely N-dealkylation sites (tertiary alicyclic amines) is 1. The third-order valence-corrected chi connectivity index (χ3v) is 8.05. The number of fused-ring (bicyclic) bond motifs is 1. The number of furan rings is 1. The Morgan fingerprint density at radius 1 is 1.13 bits per heavy atom. The molecular formula is C27H26IN3O8. The number of carbonyl (C=O) groups excluding carboxylic acids is 5. The molecule has 0 N–H and O–H groups in total. The van der Waals surface area contributed by atoms with E-state index in [1.54, 1.807) is 24.8 Å². The molecule has 1 unspecified atom stereocenters. The number of rotatable bonds is 3. The van der Waals surface area contributed by atoms with Crippen molar-refractivity contribution >= 4 is 58.1 Å². The van der Waals surface area contributed by atoms with Crippen molar-refractivity contribution in [3.8, 4) is 0 Å². The predicted octanol–water partition coefficient (Wildman–Crippen LogP) is 2.92. The highest BCUT2D eigenvalue weighted by Gasteiger charge is 2.65. The molecule has 0 saturated carbocycles. The van der Waals surface area contributed by atoms with Gasteiger partial charge < -0.3 is 18.8 Å². The van der Waals surface area contributed by atoms with E-state index in [0.29, 0.717) is 29.3 Å². The smallest absolute Gasteiger partial charge is 0.373 e. The summed E-state index contributed by atoms with van der Waals surface area (Å²) in [7, 11) is 4.39. The van der Waals surface area contributed by atoms with Crippen molar-refractivity contribution in [3.63, 3.8) is 0 Å². The maximum absolute atomic E-state index is 14.0. The maximum atomic E-state index is 14.0. The molecule has 2 aromatic rings. The first kappa shape index (κ1) is 28.2. The number of amidine groups is 1. The first-order chi connectivity index (χ1) is 18.5. The summed E-state index contributed by atoms with van der Waals surface area (Å²) in [6.07, 6.45) is 0.754. The number of nitrogens with zero attached hydrogens (tertiary/aromatic N) is 3. The monoisotopic (exact) mass is 647 g/mol. The Hall–Kier alpha value is -3.77. The average molecular weight is 647 g/mol. The van der Waals surface area contributed by atoms with Crippen LogP contribution in [0.5, 0.6) is 0 Å². The van der Waals surface area contributed by atoms with Crippen LogP contribution in [-0.2, 0) is 34.1 Å². The fourth-order valence-corrected chi connectivity index (χ4v) is 6.55. The molecule has 1 fully saturated rings. The third-order valence-electron chi connectivity index (χ3n) is 7.38. The topological polar surface area (TPSA) is 136 Å². The lowest BCUT2D eigenvalue weighted by Crippen LogP contribution is -2.55. The zero-order chi connectivity index (χ0) is 28.8. The molecule has 11 nitrogen and oxygen atoms in total. The molecule has 1 saturated heterocycles. The Morgan fingerprint density at radius 2 is 1.77 bits per heavy atom. The van der Waals surface area contributed by atoms with Crippen LogP contribution in [0.4, 0.5) is 5.69 Å². The molecule has 5 rings (SSSR count). The SMILES string of the molecule is COC(=O)C1=C(C(=O)OC)C2N(C)c3ccc(I)cc3[C@@]23C[C@@H](C)N(C(=O)c2cc(C)oc2C)C3=N1.O=C=O. The van der Waals surface area contributed by atoms with Gasteiger partial charge in [-0.1, -0.05) is 0 Å². The highest BCUT2D eigenvalue weighted by Crippen LogP contribution is 2.57. The molecule has 3 aliphatic heterocycles. The number of amides is 1. The van der Waals surface area contributed by atoms with Crippen molar-refractivity contribution in [3.05, 3.63) is 61.8 Å². The lowest BCUT2D eigenvalue weighted by molar-refractivity contribution is -0.191. The van der Waals surface area contributed by atoms with Crippen molar-refractivity contribution in [2.24, 2.45) is 4.99 Å². The van der Waals surface area contributed by atoms with Gasteiger partial charge in [0, 0.05) is 22.3 Å². The molecule has 0 bridgehead atoms. The maximum Gasteiger partial charge on any atom is 0.373 e. The molecule has 1 aromatic carbocycles. The van der Waals surface area contributed by atoms with Gasteiger partial charge in [0.1, 0.15) is 17.4 Å². The van der Waals surface area contributed by atoms with Gasteiger partial charge in [-0.3, -0.25) is 9.69 Å². The van der Waals surface area contributed by atoms with Crippen molar-refractivity contribution in [1.82, 2.24) is 4.90 Å². The van der Waals surface area contributed by atoms with Crippen LogP contribution in [0.2, 0.25) is 0 Å². The molecule has 3 aliphatic rings. The number of esters is 2. The molecular weight excluding hydrogens is 621 g/mol. The van der Waals surface area contributed by atoms with Crippen LogP contribution in [-0.4, -0.2) is 68.1 Å². The van der Waals surface area contributed by atoms with Crippen LogP contribution < -0.4 is 4.90 Å². The Bertz CT molecular complexity index is 1490. The summed E-state index contributed by atoms with van der Waals surface area (Å²) in [6, 6.07) is 6.86. The molecule has 4 heterocycles. The first-order valence-electron chi connectivity index (χ1n) is 11.9. The molecule has 204 valence electrons. The summed E-state index contributed by atoms with van der Waals surface area (Å²) in [5, 5.41) is 0. The molecule has 0 aliphatic carbocycles. The molecule has 0 radical (unpaired) electrons. The van der Waals surface area contributed by atoms with Crippen LogP contribution in [0.3, 0.4) is 0 Å². The van der Waals surface area contributed by atoms with Crippen molar-refractivity contribution < 1.29 is 37.9 Å². The number of aryl methyl sites for hydroxylation is 2. The lowest BCUT2D eigenvalue weighted by Gasteiger charge is -2.39. The summed E-state index contributed by atoms with van der Waals surface area (Å²) >= 11 is 2.25. The molecule has 1 amide bonds. The van der Waals surface area contributed by atoms with Crippen molar-refractivity contribution in [2.45, 2.75) is 44.7 Å². The number of aliphatic imine (C=N–C) groups is 1. The van der Waals surface area contributed by atoms with E-state index < -0.39 is 23.4 Å². The Balaban J connectivity index is 0.00000112. The molecule has 1 spiro atoms. The largest absolute Gasteiger partial charge is 0.466 e. The molecule has 1 aromatic heterocycles. The zero-order valence-electron chi connectivity index (χ0n) is 22.2. The lowest BCUT2D eigenvalue weighted by atomic mass is 9.69. The summed E-state index contributed by atoms with van der Waals surface area (Å²) in [5.74, 6) is -0.128. The van der Waals surface area contributed by atoms with Crippen LogP contribution in [0.15, 0.2) is 44.9 Å². The number of likely N-dealkylation sites (N-methyl/N-ethyl adjacent to an activating group) is 1. The fraction of sp³-hybridized carbons (Fsp3) is 0.370. The zero-order valence-corrected chi connectivity index (χ0v) is 24.3. The Morgan fingerprint density at radius 3 is 2.33 bits per heavy atom. The summed E-state index contributed by atoms with van der Waals surface area (Å²) < 4.78 is 16.8. The van der Waals surface area contributed by atoms with E-state index in [9.17, 15) is 14.4 Å². The first-order valence-corrected chi connectivity index (χ1v) is 13.0. The molecule has 3 atom stereocenters. The number of methoxy groups -OCH3 is 2. The van der Waals surface area contributed by atoms with E-state index in [2.05, 4.69) is 28.7 Å². The summed E-state index contributed by atoms with van der Waals surface area (Å²) in [5.41, 5.74) is 1.41. The van der Waals surface area contributed by atoms with E-state index in [-0.39, 0.29) is 29.4 Å². The quantitative estimate of drug-likeness (QED) is 0.364. The number of halogens is 1. The van der Waals surface area contributed by atoms with Crippen molar-refractivity contribution in [1.29, 1.82) is 0 Å². The Kier molecular flexibility index (Phi) is 7.55. The van der Waals surface area contributed by atoms with Gasteiger partial charge in [-0.2, -0.15) is 9.59 Å². The third kappa shape index (κ3) is 4.18. The second kappa shape index (κ2) is 10.4. The number of anilines is 1. The number of benzene rings is 1. The minimum Gasteiger partial charge on any atom is -0.466 e. The van der Waals surface area contributed by atoms with Gasteiger partial charge in [-0.15, -0.1) is 0 Å². The molecule has 39 heavy (non-hydrogen) atoms. The van der Waals surface area contributed by atoms with E-state index in [1.165, 1.54) is 14.2 Å². The van der Waals surface area contributed by atoms with Gasteiger partial charge in [0.15, 0.2) is 5.70 Å². The van der Waals surface area contributed by atoms with E-state index in [1.807, 2.05) is 31.0 Å². The average Bonchev–Trinajstić information content (AvgIpc) is 3.48. The van der Waals surface area contributed by atoms with Gasteiger partial charge in [0.05, 0.1) is 36.8 Å².